The highest BCUT2D eigenvalue weighted by Gasteiger charge is 2.10. The number of carbonyl (C=O) groups is 2. The van der Waals surface area contributed by atoms with Crippen LogP contribution in [0.2, 0.25) is 0 Å². The lowest BCUT2D eigenvalue weighted by atomic mass is 10.3. The van der Waals surface area contributed by atoms with Crippen LogP contribution in [-0.4, -0.2) is 41.3 Å². The molecule has 0 aliphatic rings. The minimum absolute atomic E-state index is 0.0585. The van der Waals surface area contributed by atoms with Gasteiger partial charge in [0.25, 0.3) is 0 Å². The van der Waals surface area contributed by atoms with Crippen LogP contribution < -0.4 is 11.1 Å². The molecule has 1 aromatic rings. The second-order valence-corrected chi connectivity index (χ2v) is 4.91. The molecule has 0 radical (unpaired) electrons. The van der Waals surface area contributed by atoms with Gasteiger partial charge in [-0.15, -0.1) is 11.3 Å². The number of amides is 2. The number of hydrogen-bond acceptors (Lipinski definition) is 5. The lowest BCUT2D eigenvalue weighted by molar-refractivity contribution is -0.130. The maximum Gasteiger partial charge on any atom is 0.226 e. The van der Waals surface area contributed by atoms with E-state index in [2.05, 4.69) is 10.3 Å². The monoisotopic (exact) mass is 284 g/mol. The zero-order valence-electron chi connectivity index (χ0n) is 11.3. The maximum atomic E-state index is 11.7. The summed E-state index contributed by atoms with van der Waals surface area (Å²) in [5.41, 5.74) is 6.15. The fraction of sp³-hybridized carbons (Fsp3) is 0.583. The Kier molecular flexibility index (Phi) is 6.27. The summed E-state index contributed by atoms with van der Waals surface area (Å²) in [7, 11) is 0. The largest absolute Gasteiger partial charge is 0.375 e. The van der Waals surface area contributed by atoms with Gasteiger partial charge >= 0.3 is 0 Å². The van der Waals surface area contributed by atoms with Crippen molar-refractivity contribution in [1.29, 1.82) is 0 Å². The number of nitrogens with zero attached hydrogens (tertiary/aromatic N) is 2. The van der Waals surface area contributed by atoms with Crippen LogP contribution in [0.15, 0.2) is 5.38 Å². The first kappa shape index (κ1) is 15.4. The first-order valence-electron chi connectivity index (χ1n) is 6.31. The van der Waals surface area contributed by atoms with Crippen LogP contribution in [0.1, 0.15) is 26.0 Å². The van der Waals surface area contributed by atoms with Crippen LogP contribution in [0.25, 0.3) is 0 Å². The van der Waals surface area contributed by atoms with Crippen molar-refractivity contribution in [2.24, 2.45) is 0 Å². The van der Waals surface area contributed by atoms with E-state index in [9.17, 15) is 9.59 Å². The topological polar surface area (TPSA) is 88.3 Å². The molecule has 3 N–H and O–H groups in total. The van der Waals surface area contributed by atoms with Crippen LogP contribution in [-0.2, 0) is 16.0 Å². The molecule has 2 amide bonds. The van der Waals surface area contributed by atoms with Gasteiger partial charge in [0.1, 0.15) is 0 Å². The van der Waals surface area contributed by atoms with Crippen molar-refractivity contribution in [2.75, 3.05) is 25.4 Å². The summed E-state index contributed by atoms with van der Waals surface area (Å²) in [6, 6.07) is 0. The summed E-state index contributed by atoms with van der Waals surface area (Å²) in [6.07, 6.45) is 0.528. The van der Waals surface area contributed by atoms with Gasteiger partial charge in [0.2, 0.25) is 11.8 Å². The standard InChI is InChI=1S/C12H20N4O2S/c1-3-16(4-2)11(18)5-6-14-10(17)7-9-8-19-12(13)15-9/h8H,3-7H2,1-2H3,(H2,13,15)(H,14,17). The average Bonchev–Trinajstić information content (AvgIpc) is 2.76. The van der Waals surface area contributed by atoms with Gasteiger partial charge in [-0.2, -0.15) is 0 Å². The third-order valence-corrected chi connectivity index (χ3v) is 3.41. The normalized spacial score (nSPS) is 10.2. The molecule has 0 aromatic carbocycles. The van der Waals surface area contributed by atoms with Gasteiger partial charge in [0.15, 0.2) is 5.13 Å². The smallest absolute Gasteiger partial charge is 0.226 e. The van der Waals surface area contributed by atoms with Crippen molar-refractivity contribution in [3.8, 4) is 0 Å². The molecule has 7 heteroatoms. The van der Waals surface area contributed by atoms with E-state index in [-0.39, 0.29) is 18.2 Å². The maximum absolute atomic E-state index is 11.7. The Morgan fingerprint density at radius 3 is 2.63 bits per heavy atom. The van der Waals surface area contributed by atoms with E-state index in [1.807, 2.05) is 13.8 Å². The summed E-state index contributed by atoms with van der Waals surface area (Å²) in [5.74, 6) is -0.0825. The molecular weight excluding hydrogens is 264 g/mol. The number of nitrogens with two attached hydrogens (primary N) is 1. The molecule has 0 atom stereocenters. The Bertz CT molecular complexity index is 429. The molecule has 6 nitrogen and oxygen atoms in total. The lowest BCUT2D eigenvalue weighted by Crippen LogP contribution is -2.34. The summed E-state index contributed by atoms with van der Waals surface area (Å²) < 4.78 is 0. The number of hydrogen-bond donors (Lipinski definition) is 2. The van der Waals surface area contributed by atoms with E-state index in [1.165, 1.54) is 11.3 Å². The molecule has 0 bridgehead atoms. The zero-order valence-corrected chi connectivity index (χ0v) is 12.1. The molecule has 0 saturated heterocycles. The molecule has 0 aliphatic heterocycles. The number of thiazole rings is 1. The summed E-state index contributed by atoms with van der Waals surface area (Å²) >= 11 is 1.31. The van der Waals surface area contributed by atoms with Crippen molar-refractivity contribution in [1.82, 2.24) is 15.2 Å². The van der Waals surface area contributed by atoms with Crippen LogP contribution in [0.5, 0.6) is 0 Å². The summed E-state index contributed by atoms with van der Waals surface area (Å²) in [5, 5.41) is 4.93. The van der Waals surface area contributed by atoms with E-state index >= 15 is 0 Å². The number of anilines is 1. The van der Waals surface area contributed by atoms with Gasteiger partial charge in [-0.05, 0) is 13.8 Å². The minimum atomic E-state index is -0.141. The van der Waals surface area contributed by atoms with Gasteiger partial charge in [-0.25, -0.2) is 4.98 Å². The van der Waals surface area contributed by atoms with E-state index in [0.29, 0.717) is 36.9 Å². The number of carbonyl (C=O) groups excluding carboxylic acids is 2. The molecule has 0 spiro atoms. The molecule has 19 heavy (non-hydrogen) atoms. The van der Waals surface area contributed by atoms with Crippen molar-refractivity contribution in [2.45, 2.75) is 26.7 Å². The highest BCUT2D eigenvalue weighted by atomic mass is 32.1. The van der Waals surface area contributed by atoms with Crippen LogP contribution in [0.4, 0.5) is 5.13 Å². The van der Waals surface area contributed by atoms with Crippen molar-refractivity contribution >= 4 is 28.3 Å². The Hall–Kier alpha value is -1.63. The van der Waals surface area contributed by atoms with E-state index < -0.39 is 0 Å². The third-order valence-electron chi connectivity index (χ3n) is 2.69. The van der Waals surface area contributed by atoms with Crippen LogP contribution in [0.3, 0.4) is 0 Å². The average molecular weight is 284 g/mol. The van der Waals surface area contributed by atoms with E-state index in [0.717, 1.165) is 0 Å². The fourth-order valence-electron chi connectivity index (χ4n) is 1.67. The Morgan fingerprint density at radius 1 is 1.42 bits per heavy atom. The number of rotatable bonds is 7. The Labute approximate surface area is 117 Å². The first-order chi connectivity index (χ1) is 9.06. The Balaban J connectivity index is 2.25. The van der Waals surface area contributed by atoms with Gasteiger partial charge in [0.05, 0.1) is 12.1 Å². The van der Waals surface area contributed by atoms with Gasteiger partial charge < -0.3 is 16.0 Å². The number of nitrogen functional groups attached to an aromatic ring is 1. The molecule has 0 saturated carbocycles. The van der Waals surface area contributed by atoms with Crippen LogP contribution >= 0.6 is 11.3 Å². The summed E-state index contributed by atoms with van der Waals surface area (Å²) in [6.45, 7) is 5.62. The molecular formula is C12H20N4O2S. The molecule has 0 fully saturated rings. The second-order valence-electron chi connectivity index (χ2n) is 4.02. The third kappa shape index (κ3) is 5.25. The molecule has 1 aromatic heterocycles. The fourth-order valence-corrected chi connectivity index (χ4v) is 2.24. The predicted molar refractivity (Wildman–Crippen MR) is 75.8 cm³/mol. The Morgan fingerprint density at radius 2 is 2.11 bits per heavy atom. The quantitative estimate of drug-likeness (QED) is 0.769. The molecule has 0 aliphatic carbocycles. The van der Waals surface area contributed by atoms with Crippen molar-refractivity contribution < 1.29 is 9.59 Å². The molecule has 1 heterocycles. The summed E-state index contributed by atoms with van der Waals surface area (Å²) in [4.78, 5) is 29.0. The SMILES string of the molecule is CCN(CC)C(=O)CCNC(=O)Cc1csc(N)n1. The molecule has 1 rings (SSSR count). The second kappa shape index (κ2) is 7.73. The van der Waals surface area contributed by atoms with Gasteiger partial charge in [-0.1, -0.05) is 0 Å². The molecule has 0 unspecified atom stereocenters. The lowest BCUT2D eigenvalue weighted by Gasteiger charge is -2.18. The molecule has 106 valence electrons. The van der Waals surface area contributed by atoms with E-state index in [1.54, 1.807) is 10.3 Å². The predicted octanol–water partition coefficient (Wildman–Crippen LogP) is 0.643. The number of nitrogens with one attached hydrogen (secondary N) is 1. The highest BCUT2D eigenvalue weighted by Crippen LogP contribution is 2.11. The highest BCUT2D eigenvalue weighted by molar-refractivity contribution is 7.13. The van der Waals surface area contributed by atoms with Gasteiger partial charge in [0, 0.05) is 31.4 Å². The van der Waals surface area contributed by atoms with Crippen molar-refractivity contribution in [3.05, 3.63) is 11.1 Å². The number of aromatic nitrogens is 1. The first-order valence-corrected chi connectivity index (χ1v) is 7.19. The van der Waals surface area contributed by atoms with Crippen LogP contribution in [0, 0.1) is 0 Å². The van der Waals surface area contributed by atoms with Crippen molar-refractivity contribution in [3.63, 3.8) is 0 Å². The minimum Gasteiger partial charge on any atom is -0.375 e. The van der Waals surface area contributed by atoms with Gasteiger partial charge in [-0.3, -0.25) is 9.59 Å². The zero-order chi connectivity index (χ0) is 14.3. The van der Waals surface area contributed by atoms with E-state index in [4.69, 9.17) is 5.73 Å².